The van der Waals surface area contributed by atoms with E-state index < -0.39 is 17.9 Å². The summed E-state index contributed by atoms with van der Waals surface area (Å²) < 4.78 is 5.24. The monoisotopic (exact) mass is 792 g/mol. The quantitative estimate of drug-likeness (QED) is 0.0493. The molecule has 2 atom stereocenters. The molecule has 0 aromatic carbocycles. The first kappa shape index (κ1) is 44.7. The molecule has 0 aliphatic heterocycles. The minimum atomic E-state index is -3.68. The first-order valence-corrected chi connectivity index (χ1v) is 30.2. The topological polar surface area (TPSA) is 9.86 Å². The van der Waals surface area contributed by atoms with Gasteiger partial charge in [0, 0.05) is 0 Å². The molecule has 0 amide bonds. The Kier molecular flexibility index (Phi) is 28.3. The molecule has 0 saturated carbocycles. The van der Waals surface area contributed by atoms with Crippen molar-refractivity contribution >= 4 is 17.0 Å². The van der Waals surface area contributed by atoms with Crippen molar-refractivity contribution in [1.82, 2.24) is 9.13 Å². The van der Waals surface area contributed by atoms with Crippen LogP contribution in [0.25, 0.3) is 0 Å². The van der Waals surface area contributed by atoms with Crippen LogP contribution in [0.3, 0.4) is 0 Å². The molecule has 0 saturated heterocycles. The van der Waals surface area contributed by atoms with Gasteiger partial charge >= 0.3 is 240 Å². The second-order valence-corrected chi connectivity index (χ2v) is 29.8. The van der Waals surface area contributed by atoms with Gasteiger partial charge in [0.1, 0.15) is 0 Å². The van der Waals surface area contributed by atoms with Crippen molar-refractivity contribution in [3.05, 3.63) is 73.4 Å². The van der Waals surface area contributed by atoms with E-state index in [1.54, 1.807) is 0 Å². The summed E-state index contributed by atoms with van der Waals surface area (Å²) >= 11 is -3.68. The Morgan fingerprint density at radius 3 is 0.980 bits per heavy atom. The summed E-state index contributed by atoms with van der Waals surface area (Å²) in [5, 5.41) is 0. The summed E-state index contributed by atoms with van der Waals surface area (Å²) in [7, 11) is 15.4. The molecular formula is C44H76Cl2N2Zr. The molecule has 2 nitrogen and oxygen atoms in total. The van der Waals surface area contributed by atoms with E-state index in [0.29, 0.717) is 0 Å². The average Bonchev–Trinajstić information content (AvgIpc) is 3.83. The minimum absolute atomic E-state index is 0.257. The van der Waals surface area contributed by atoms with Crippen LogP contribution in [0.1, 0.15) is 201 Å². The van der Waals surface area contributed by atoms with Crippen LogP contribution in [0.4, 0.5) is 0 Å². The number of halogens is 2. The first-order valence-electron chi connectivity index (χ1n) is 21.0. The molecule has 2 aromatic heterocycles. The van der Waals surface area contributed by atoms with Gasteiger partial charge in [-0.25, -0.2) is 0 Å². The molecule has 5 heteroatoms. The van der Waals surface area contributed by atoms with Crippen molar-refractivity contribution in [2.45, 2.75) is 201 Å². The van der Waals surface area contributed by atoms with Crippen LogP contribution >= 0.6 is 17.0 Å². The Labute approximate surface area is 316 Å². The van der Waals surface area contributed by atoms with Crippen molar-refractivity contribution in [3.8, 4) is 0 Å². The number of hydrogen-bond donors (Lipinski definition) is 0. The fourth-order valence-corrected chi connectivity index (χ4v) is 19.3. The summed E-state index contributed by atoms with van der Waals surface area (Å²) in [6, 6.07) is 8.54. The predicted octanol–water partition coefficient (Wildman–Crippen LogP) is 16.5. The number of allylic oxidation sites excluding steroid dienone is 4. The van der Waals surface area contributed by atoms with E-state index in [-0.39, 0.29) is 7.50 Å². The van der Waals surface area contributed by atoms with Gasteiger partial charge in [0.2, 0.25) is 0 Å². The van der Waals surface area contributed by atoms with Crippen LogP contribution in [-0.2, 0) is 17.9 Å². The molecule has 2 rings (SSSR count). The second-order valence-electron chi connectivity index (χ2n) is 14.7. The number of aromatic nitrogens is 2. The molecule has 0 spiro atoms. The molecule has 0 aliphatic carbocycles. The molecule has 49 heavy (non-hydrogen) atoms. The van der Waals surface area contributed by atoms with Crippen LogP contribution < -0.4 is 0 Å². The Morgan fingerprint density at radius 2 is 0.673 bits per heavy atom. The SMILES string of the molecule is CCCCCCCC/C=C\CCCCCCC[CH](n1cccc1)[Zr]([Cl])([Cl])[CH](CCCCCCC/C=C\CCCCCCCC)n1cccc1. The van der Waals surface area contributed by atoms with Crippen molar-refractivity contribution in [2.75, 3.05) is 0 Å². The van der Waals surface area contributed by atoms with Gasteiger partial charge in [-0.15, -0.1) is 0 Å². The fraction of sp³-hybridized carbons (Fsp3) is 0.727. The van der Waals surface area contributed by atoms with Crippen LogP contribution in [-0.4, -0.2) is 9.13 Å². The number of rotatable bonds is 34. The molecule has 0 bridgehead atoms. The first-order chi connectivity index (χ1) is 24.1. The van der Waals surface area contributed by atoms with Gasteiger partial charge in [0.15, 0.2) is 0 Å². The normalized spacial score (nSPS) is 13.6. The second kappa shape index (κ2) is 31.1. The van der Waals surface area contributed by atoms with E-state index in [4.69, 9.17) is 17.0 Å². The Morgan fingerprint density at radius 1 is 0.408 bits per heavy atom. The summed E-state index contributed by atoms with van der Waals surface area (Å²) in [6.07, 6.45) is 55.2. The molecule has 2 heterocycles. The van der Waals surface area contributed by atoms with Gasteiger partial charge in [0.05, 0.1) is 0 Å². The van der Waals surface area contributed by atoms with E-state index in [1.165, 1.54) is 167 Å². The Balaban J connectivity index is 1.70. The van der Waals surface area contributed by atoms with Crippen molar-refractivity contribution in [1.29, 1.82) is 0 Å². The third kappa shape index (κ3) is 21.6. The standard InChI is InChI=1S/2C22H38N.2ClH.Zr/c2*1-2-3-4-5-6-7-8-9-10-11-12-13-14-15-16-17-20-23-21-18-19-22-23;;;/h2*9-10,18-22H,2-8,11-17H2,1H3;2*1H;/q;;;;+2/p-2/b2*10-9-;;;. The van der Waals surface area contributed by atoms with Crippen molar-refractivity contribution in [3.63, 3.8) is 0 Å². The fourth-order valence-electron chi connectivity index (χ4n) is 7.23. The zero-order chi connectivity index (χ0) is 35.1. The summed E-state index contributed by atoms with van der Waals surface area (Å²) in [5.74, 6) is 0. The van der Waals surface area contributed by atoms with E-state index >= 15 is 0 Å². The average molecular weight is 795 g/mol. The predicted molar refractivity (Wildman–Crippen MR) is 218 cm³/mol. The number of unbranched alkanes of at least 4 members (excludes halogenated alkanes) is 22. The summed E-state index contributed by atoms with van der Waals surface area (Å²) in [4.78, 5) is 0. The molecule has 0 fully saturated rings. The maximum absolute atomic E-state index is 7.70. The van der Waals surface area contributed by atoms with Crippen LogP contribution in [0.2, 0.25) is 0 Å². The van der Waals surface area contributed by atoms with Gasteiger partial charge in [-0.2, -0.15) is 0 Å². The van der Waals surface area contributed by atoms with Crippen molar-refractivity contribution < 1.29 is 17.9 Å². The van der Waals surface area contributed by atoms with Gasteiger partial charge in [0.25, 0.3) is 0 Å². The maximum atomic E-state index is 7.70. The van der Waals surface area contributed by atoms with E-state index in [0.717, 1.165) is 12.8 Å². The molecule has 0 radical (unpaired) electrons. The molecule has 2 aromatic rings. The molecule has 280 valence electrons. The number of nitrogens with zero attached hydrogens (tertiary/aromatic N) is 2. The van der Waals surface area contributed by atoms with E-state index in [2.05, 4.69) is 96.3 Å². The molecular weight excluding hydrogens is 719 g/mol. The Hall–Kier alpha value is -0.497. The molecule has 0 aliphatic rings. The van der Waals surface area contributed by atoms with Crippen LogP contribution in [0.5, 0.6) is 0 Å². The van der Waals surface area contributed by atoms with Crippen molar-refractivity contribution in [2.24, 2.45) is 0 Å². The summed E-state index contributed by atoms with van der Waals surface area (Å²) in [5.41, 5.74) is 0. The molecule has 2 unspecified atom stereocenters. The Bertz CT molecular complexity index is 934. The third-order valence-corrected chi connectivity index (χ3v) is 23.6. The van der Waals surface area contributed by atoms with Gasteiger partial charge < -0.3 is 0 Å². The van der Waals surface area contributed by atoms with E-state index in [9.17, 15) is 0 Å². The van der Waals surface area contributed by atoms with Gasteiger partial charge in [-0.1, -0.05) is 78.1 Å². The molecule has 0 N–H and O–H groups in total. The van der Waals surface area contributed by atoms with Gasteiger partial charge in [-0.3, -0.25) is 0 Å². The van der Waals surface area contributed by atoms with Crippen LogP contribution in [0, 0.1) is 0 Å². The third-order valence-electron chi connectivity index (χ3n) is 10.3. The van der Waals surface area contributed by atoms with Crippen LogP contribution in [0.15, 0.2) is 73.4 Å². The summed E-state index contributed by atoms with van der Waals surface area (Å²) in [6.45, 7) is 4.58. The number of hydrogen-bond acceptors (Lipinski definition) is 0. The zero-order valence-corrected chi connectivity index (χ0v) is 36.0. The van der Waals surface area contributed by atoms with Gasteiger partial charge in [-0.05, 0) is 0 Å². The van der Waals surface area contributed by atoms with E-state index in [1.807, 2.05) is 0 Å². The zero-order valence-electron chi connectivity index (χ0n) is 32.0.